The van der Waals surface area contributed by atoms with Crippen LogP contribution in [0.5, 0.6) is 11.5 Å². The molecule has 1 aliphatic carbocycles. The molecule has 130 valence electrons. The first-order valence-electron chi connectivity index (χ1n) is 8.21. The van der Waals surface area contributed by atoms with Gasteiger partial charge in [-0.2, -0.15) is 0 Å². The number of nitrogens with one attached hydrogen (secondary N) is 2. The van der Waals surface area contributed by atoms with Crippen LogP contribution >= 0.6 is 0 Å². The minimum atomic E-state index is -0.301. The number of furan rings is 1. The van der Waals surface area contributed by atoms with Crippen LogP contribution in [-0.4, -0.2) is 25.0 Å². The molecule has 2 heterocycles. The lowest BCUT2D eigenvalue weighted by molar-refractivity contribution is -0.125. The molecule has 0 radical (unpaired) electrons. The number of rotatable bonds is 5. The van der Waals surface area contributed by atoms with Gasteiger partial charge < -0.3 is 24.5 Å². The lowest BCUT2D eigenvalue weighted by atomic mass is 10.2. The highest BCUT2D eigenvalue weighted by molar-refractivity contribution is 5.99. The molecule has 1 aromatic carbocycles. The Morgan fingerprint density at radius 1 is 1.04 bits per heavy atom. The molecule has 2 aromatic rings. The van der Waals surface area contributed by atoms with Crippen molar-refractivity contribution in [1.82, 2.24) is 5.32 Å². The second kappa shape index (κ2) is 6.51. The Labute approximate surface area is 144 Å². The van der Waals surface area contributed by atoms with Crippen molar-refractivity contribution in [3.05, 3.63) is 42.4 Å². The lowest BCUT2D eigenvalue weighted by Crippen LogP contribution is -2.26. The Kier molecular flexibility index (Phi) is 4.05. The Morgan fingerprint density at radius 2 is 1.84 bits per heavy atom. The summed E-state index contributed by atoms with van der Waals surface area (Å²) in [6.45, 7) is 1.35. The molecule has 1 aromatic heterocycles. The highest BCUT2D eigenvalue weighted by atomic mass is 16.6. The maximum Gasteiger partial charge on any atom is 0.228 e. The molecular weight excluding hydrogens is 324 g/mol. The average Bonchev–Trinajstić information content (AvgIpc) is 3.27. The largest absolute Gasteiger partial charge is 0.486 e. The quantitative estimate of drug-likeness (QED) is 0.867. The highest BCUT2D eigenvalue weighted by Crippen LogP contribution is 2.40. The molecule has 7 nitrogen and oxygen atoms in total. The predicted octanol–water partition coefficient (Wildman–Crippen LogP) is 1.94. The van der Waals surface area contributed by atoms with Gasteiger partial charge in [0.25, 0.3) is 0 Å². The predicted molar refractivity (Wildman–Crippen MR) is 88.2 cm³/mol. The van der Waals surface area contributed by atoms with Gasteiger partial charge in [0.1, 0.15) is 19.0 Å². The summed E-state index contributed by atoms with van der Waals surface area (Å²) in [6.07, 6.45) is 2.11. The van der Waals surface area contributed by atoms with Gasteiger partial charge in [-0.15, -0.1) is 0 Å². The fraction of sp³-hybridized carbons (Fsp3) is 0.333. The van der Waals surface area contributed by atoms with E-state index in [1.807, 2.05) is 0 Å². The minimum Gasteiger partial charge on any atom is -0.486 e. The van der Waals surface area contributed by atoms with Crippen LogP contribution in [0.2, 0.25) is 0 Å². The van der Waals surface area contributed by atoms with Gasteiger partial charge in [-0.25, -0.2) is 0 Å². The Morgan fingerprint density at radius 3 is 2.64 bits per heavy atom. The average molecular weight is 342 g/mol. The van der Waals surface area contributed by atoms with Crippen molar-refractivity contribution in [2.45, 2.75) is 13.0 Å². The van der Waals surface area contributed by atoms with Gasteiger partial charge in [0.05, 0.1) is 24.6 Å². The smallest absolute Gasteiger partial charge is 0.228 e. The Balaban J connectivity index is 1.30. The Hall–Kier alpha value is -2.96. The van der Waals surface area contributed by atoms with E-state index in [0.29, 0.717) is 49.1 Å². The molecule has 25 heavy (non-hydrogen) atoms. The highest BCUT2D eigenvalue weighted by Gasteiger charge is 2.48. The number of hydrogen-bond acceptors (Lipinski definition) is 5. The summed E-state index contributed by atoms with van der Waals surface area (Å²) in [7, 11) is 0. The summed E-state index contributed by atoms with van der Waals surface area (Å²) < 4.78 is 16.1. The summed E-state index contributed by atoms with van der Waals surface area (Å²) >= 11 is 0. The van der Waals surface area contributed by atoms with E-state index in [-0.39, 0.29) is 23.7 Å². The number of hydrogen-bond donors (Lipinski definition) is 2. The van der Waals surface area contributed by atoms with Gasteiger partial charge in [0.15, 0.2) is 11.5 Å². The third kappa shape index (κ3) is 3.45. The van der Waals surface area contributed by atoms with Crippen molar-refractivity contribution >= 4 is 17.5 Å². The lowest BCUT2D eigenvalue weighted by Gasteiger charge is -2.19. The number of fused-ring (bicyclic) bond motifs is 1. The van der Waals surface area contributed by atoms with Crippen LogP contribution in [0.15, 0.2) is 41.0 Å². The second-order valence-corrected chi connectivity index (χ2v) is 6.09. The van der Waals surface area contributed by atoms with Crippen LogP contribution < -0.4 is 20.1 Å². The molecule has 4 rings (SSSR count). The van der Waals surface area contributed by atoms with Crippen LogP contribution in [0, 0.1) is 11.8 Å². The van der Waals surface area contributed by atoms with E-state index in [9.17, 15) is 9.59 Å². The second-order valence-electron chi connectivity index (χ2n) is 6.09. The summed E-state index contributed by atoms with van der Waals surface area (Å²) in [5.41, 5.74) is 0.635. The topological polar surface area (TPSA) is 89.8 Å². The molecule has 1 aliphatic heterocycles. The third-order valence-electron chi connectivity index (χ3n) is 4.29. The van der Waals surface area contributed by atoms with Gasteiger partial charge in [0, 0.05) is 11.8 Å². The molecule has 0 spiro atoms. The van der Waals surface area contributed by atoms with E-state index < -0.39 is 0 Å². The zero-order valence-electron chi connectivity index (χ0n) is 13.5. The number of carbonyl (C=O) groups excluding carboxylic acids is 2. The normalized spacial score (nSPS) is 20.6. The summed E-state index contributed by atoms with van der Waals surface area (Å²) in [6, 6.07) is 8.83. The molecule has 0 bridgehead atoms. The van der Waals surface area contributed by atoms with Gasteiger partial charge >= 0.3 is 0 Å². The molecule has 2 amide bonds. The van der Waals surface area contributed by atoms with Crippen LogP contribution in [0.3, 0.4) is 0 Å². The number of ether oxygens (including phenoxy) is 2. The minimum absolute atomic E-state index is 0.126. The van der Waals surface area contributed by atoms with E-state index in [1.54, 1.807) is 36.6 Å². The van der Waals surface area contributed by atoms with Crippen LogP contribution in [0.1, 0.15) is 12.2 Å². The van der Waals surface area contributed by atoms with E-state index in [1.165, 1.54) is 0 Å². The van der Waals surface area contributed by atoms with Crippen molar-refractivity contribution in [2.24, 2.45) is 11.8 Å². The molecule has 0 saturated heterocycles. The fourth-order valence-electron chi connectivity index (χ4n) is 2.85. The third-order valence-corrected chi connectivity index (χ3v) is 4.29. The van der Waals surface area contributed by atoms with Crippen molar-refractivity contribution in [2.75, 3.05) is 18.5 Å². The van der Waals surface area contributed by atoms with Gasteiger partial charge in [0.2, 0.25) is 11.8 Å². The Bertz CT molecular complexity index is 787. The van der Waals surface area contributed by atoms with Crippen LogP contribution in [-0.2, 0) is 16.1 Å². The monoisotopic (exact) mass is 342 g/mol. The molecule has 2 unspecified atom stereocenters. The summed E-state index contributed by atoms with van der Waals surface area (Å²) in [5, 5.41) is 5.62. The zero-order chi connectivity index (χ0) is 17.2. The van der Waals surface area contributed by atoms with Gasteiger partial charge in [-0.1, -0.05) is 0 Å². The molecule has 2 aliphatic rings. The first-order valence-corrected chi connectivity index (χ1v) is 8.21. The number of carbonyl (C=O) groups is 2. The number of amides is 2. The van der Waals surface area contributed by atoms with E-state index in [4.69, 9.17) is 13.9 Å². The SMILES string of the molecule is O=C(NCc1ccco1)C1CC1C(=O)Nc1ccc2c(c1)OCCO2. The molecule has 2 atom stereocenters. The van der Waals surface area contributed by atoms with Crippen molar-refractivity contribution in [3.63, 3.8) is 0 Å². The van der Waals surface area contributed by atoms with Crippen LogP contribution in [0.25, 0.3) is 0 Å². The van der Waals surface area contributed by atoms with Crippen molar-refractivity contribution in [3.8, 4) is 11.5 Å². The maximum atomic E-state index is 12.3. The van der Waals surface area contributed by atoms with Gasteiger partial charge in [-0.05, 0) is 30.7 Å². The molecule has 1 saturated carbocycles. The van der Waals surface area contributed by atoms with E-state index in [0.717, 1.165) is 0 Å². The summed E-state index contributed by atoms with van der Waals surface area (Å²) in [5.74, 6) is 1.11. The number of anilines is 1. The first-order chi connectivity index (χ1) is 12.2. The fourth-order valence-corrected chi connectivity index (χ4v) is 2.85. The van der Waals surface area contributed by atoms with E-state index >= 15 is 0 Å². The number of benzene rings is 1. The van der Waals surface area contributed by atoms with Crippen molar-refractivity contribution < 1.29 is 23.5 Å². The van der Waals surface area contributed by atoms with Crippen molar-refractivity contribution in [1.29, 1.82) is 0 Å². The molecular formula is C18H18N2O5. The molecule has 7 heteroatoms. The first kappa shape index (κ1) is 15.6. The standard InChI is InChI=1S/C18H18N2O5/c21-17(19-10-12-2-1-5-23-12)13-9-14(13)18(22)20-11-3-4-15-16(8-11)25-7-6-24-15/h1-5,8,13-14H,6-7,9-10H2,(H,19,21)(H,20,22). The summed E-state index contributed by atoms with van der Waals surface area (Å²) in [4.78, 5) is 24.4. The molecule has 1 fully saturated rings. The zero-order valence-corrected chi connectivity index (χ0v) is 13.5. The maximum absolute atomic E-state index is 12.3. The van der Waals surface area contributed by atoms with Crippen LogP contribution in [0.4, 0.5) is 5.69 Å². The van der Waals surface area contributed by atoms with E-state index in [2.05, 4.69) is 10.6 Å². The molecule has 2 N–H and O–H groups in total. The van der Waals surface area contributed by atoms with Gasteiger partial charge in [-0.3, -0.25) is 9.59 Å².